The minimum absolute atomic E-state index is 0.0812. The van der Waals surface area contributed by atoms with Gasteiger partial charge in [0, 0.05) is 44.3 Å². The molecule has 1 N–H and O–H groups in total. The molecular weight excluding hydrogens is 390 g/mol. The van der Waals surface area contributed by atoms with E-state index in [1.165, 1.54) is 0 Å². The lowest BCUT2D eigenvalue weighted by Gasteiger charge is -2.38. The van der Waals surface area contributed by atoms with Crippen LogP contribution >= 0.6 is 0 Å². The number of carbonyl (C=O) groups is 1. The van der Waals surface area contributed by atoms with Crippen molar-refractivity contribution in [2.75, 3.05) is 33.4 Å². The van der Waals surface area contributed by atoms with E-state index >= 15 is 0 Å². The Kier molecular flexibility index (Phi) is 8.79. The van der Waals surface area contributed by atoms with Gasteiger partial charge in [-0.15, -0.1) is 0 Å². The quantitative estimate of drug-likeness (QED) is 0.536. The third kappa shape index (κ3) is 5.42. The van der Waals surface area contributed by atoms with Crippen molar-refractivity contribution in [2.24, 2.45) is 0 Å². The van der Waals surface area contributed by atoms with E-state index in [1.807, 2.05) is 12.1 Å². The fourth-order valence-corrected chi connectivity index (χ4v) is 4.60. The van der Waals surface area contributed by atoms with E-state index in [2.05, 4.69) is 47.7 Å². The normalized spacial score (nSPS) is 16.7. The van der Waals surface area contributed by atoms with Gasteiger partial charge in [0.1, 0.15) is 0 Å². The monoisotopic (exact) mass is 429 g/mol. The number of hydrogen-bond donors (Lipinski definition) is 1. The van der Waals surface area contributed by atoms with Crippen LogP contribution in [0.3, 0.4) is 0 Å². The fourth-order valence-electron chi connectivity index (χ4n) is 4.60. The Morgan fingerprint density at radius 3 is 2.74 bits per heavy atom. The van der Waals surface area contributed by atoms with Crippen LogP contribution in [0.5, 0.6) is 5.75 Å². The number of aromatic nitrogens is 1. The van der Waals surface area contributed by atoms with Crippen molar-refractivity contribution in [1.82, 2.24) is 14.8 Å². The van der Waals surface area contributed by atoms with Gasteiger partial charge in [-0.2, -0.15) is 0 Å². The van der Waals surface area contributed by atoms with Gasteiger partial charge < -0.3 is 24.3 Å². The van der Waals surface area contributed by atoms with E-state index in [4.69, 9.17) is 9.47 Å². The first-order valence-corrected chi connectivity index (χ1v) is 11.9. The molecule has 1 saturated heterocycles. The maximum atomic E-state index is 14.1. The number of carbonyl (C=O) groups excluding carboxylic acids is 1. The van der Waals surface area contributed by atoms with Crippen LogP contribution in [0, 0.1) is 0 Å². The van der Waals surface area contributed by atoms with E-state index in [9.17, 15) is 4.79 Å². The fraction of sp³-hybridized carbons (Fsp3) is 0.640. The third-order valence-corrected chi connectivity index (χ3v) is 6.01. The summed E-state index contributed by atoms with van der Waals surface area (Å²) in [5, 5.41) is 4.49. The number of aryl methyl sites for hydroxylation is 1. The van der Waals surface area contributed by atoms with Crippen LogP contribution in [-0.2, 0) is 11.3 Å². The predicted octanol–water partition coefficient (Wildman–Crippen LogP) is 4.46. The molecule has 1 atom stereocenters. The molecule has 2 heterocycles. The van der Waals surface area contributed by atoms with Gasteiger partial charge in [0.2, 0.25) is 0 Å². The molecule has 0 aliphatic carbocycles. The average molecular weight is 430 g/mol. The number of para-hydroxylation sites is 1. The molecule has 0 spiro atoms. The molecule has 1 aromatic heterocycles. The second kappa shape index (κ2) is 11.5. The number of hydrogen-bond acceptors (Lipinski definition) is 4. The molecule has 0 saturated carbocycles. The van der Waals surface area contributed by atoms with Gasteiger partial charge >= 0.3 is 0 Å². The summed E-state index contributed by atoms with van der Waals surface area (Å²) in [7, 11) is 1.73. The van der Waals surface area contributed by atoms with E-state index in [0.29, 0.717) is 12.3 Å². The molecule has 0 radical (unpaired) electrons. The van der Waals surface area contributed by atoms with Crippen LogP contribution < -0.4 is 10.1 Å². The number of rotatable bonds is 11. The molecular formula is C25H39N3O3. The average Bonchev–Trinajstić information content (AvgIpc) is 3.09. The summed E-state index contributed by atoms with van der Waals surface area (Å²) in [5.74, 6) is 0.821. The molecule has 1 fully saturated rings. The Morgan fingerprint density at radius 2 is 2.06 bits per heavy atom. The molecule has 172 valence electrons. The predicted molar refractivity (Wildman–Crippen MR) is 126 cm³/mol. The van der Waals surface area contributed by atoms with Gasteiger partial charge in [0.05, 0.1) is 12.1 Å². The van der Waals surface area contributed by atoms with Crippen molar-refractivity contribution in [3.63, 3.8) is 0 Å². The van der Waals surface area contributed by atoms with Crippen LogP contribution in [0.4, 0.5) is 0 Å². The second-order valence-electron chi connectivity index (χ2n) is 8.70. The highest BCUT2D eigenvalue weighted by atomic mass is 16.5. The first-order chi connectivity index (χ1) is 15.1. The number of benzene rings is 1. The molecule has 1 aliphatic heterocycles. The van der Waals surface area contributed by atoms with E-state index in [0.717, 1.165) is 75.0 Å². The van der Waals surface area contributed by atoms with Gasteiger partial charge in [-0.25, -0.2) is 0 Å². The number of fused-ring (bicyclic) bond motifs is 1. The minimum atomic E-state index is 0.0812. The van der Waals surface area contributed by atoms with Crippen LogP contribution in [0.2, 0.25) is 0 Å². The van der Waals surface area contributed by atoms with Crippen LogP contribution in [0.1, 0.15) is 63.4 Å². The largest absolute Gasteiger partial charge is 0.490 e. The molecule has 2 aromatic rings. The number of amides is 1. The SMILES string of the molecule is CCCOc1c(C(=O)N(C(C)C)[C@@H]2CCCNC2)n(CCCCOC)c2ccccc12. The van der Waals surface area contributed by atoms with Crippen molar-refractivity contribution in [2.45, 2.75) is 71.5 Å². The van der Waals surface area contributed by atoms with E-state index in [-0.39, 0.29) is 18.0 Å². The van der Waals surface area contributed by atoms with Gasteiger partial charge in [0.15, 0.2) is 11.4 Å². The molecule has 1 amide bonds. The molecule has 0 unspecified atom stereocenters. The van der Waals surface area contributed by atoms with Gasteiger partial charge in [-0.3, -0.25) is 4.79 Å². The summed E-state index contributed by atoms with van der Waals surface area (Å²) in [6, 6.07) is 8.57. The maximum Gasteiger partial charge on any atom is 0.274 e. The number of ether oxygens (including phenoxy) is 2. The van der Waals surface area contributed by atoms with Gasteiger partial charge in [-0.05, 0) is 64.6 Å². The summed E-state index contributed by atoms with van der Waals surface area (Å²) >= 11 is 0. The summed E-state index contributed by atoms with van der Waals surface area (Å²) in [4.78, 5) is 16.2. The first-order valence-electron chi connectivity index (χ1n) is 11.9. The zero-order chi connectivity index (χ0) is 22.2. The van der Waals surface area contributed by atoms with Crippen molar-refractivity contribution in [3.05, 3.63) is 30.0 Å². The van der Waals surface area contributed by atoms with Crippen LogP contribution in [0.15, 0.2) is 24.3 Å². The van der Waals surface area contributed by atoms with Gasteiger partial charge in [0.25, 0.3) is 5.91 Å². The number of methoxy groups -OCH3 is 1. The van der Waals surface area contributed by atoms with Crippen LogP contribution in [0.25, 0.3) is 10.9 Å². The highest BCUT2D eigenvalue weighted by molar-refractivity contribution is 6.04. The Morgan fingerprint density at radius 1 is 1.26 bits per heavy atom. The Bertz CT molecular complexity index is 840. The molecule has 1 aliphatic rings. The van der Waals surface area contributed by atoms with Crippen molar-refractivity contribution < 1.29 is 14.3 Å². The molecule has 6 nitrogen and oxygen atoms in total. The standard InChI is InChI=1S/C25H39N3O3/c1-5-16-31-24-21-12-6-7-13-22(21)27(15-8-9-17-30-4)23(24)25(29)28(19(2)3)20-11-10-14-26-18-20/h6-7,12-13,19-20,26H,5,8-11,14-18H2,1-4H3/t20-/m1/s1. The Hall–Kier alpha value is -2.05. The number of nitrogens with zero attached hydrogens (tertiary/aromatic N) is 2. The van der Waals surface area contributed by atoms with Crippen molar-refractivity contribution in [3.8, 4) is 5.75 Å². The lowest BCUT2D eigenvalue weighted by atomic mass is 10.0. The molecule has 31 heavy (non-hydrogen) atoms. The zero-order valence-corrected chi connectivity index (χ0v) is 19.7. The smallest absolute Gasteiger partial charge is 0.274 e. The van der Waals surface area contributed by atoms with Gasteiger partial charge in [-0.1, -0.05) is 19.1 Å². The molecule has 0 bridgehead atoms. The lowest BCUT2D eigenvalue weighted by molar-refractivity contribution is 0.0558. The first kappa shape index (κ1) is 23.6. The number of piperidine rings is 1. The minimum Gasteiger partial charge on any atom is -0.490 e. The lowest BCUT2D eigenvalue weighted by Crippen LogP contribution is -2.52. The van der Waals surface area contributed by atoms with Crippen molar-refractivity contribution in [1.29, 1.82) is 0 Å². The summed E-state index contributed by atoms with van der Waals surface area (Å²) < 4.78 is 13.7. The molecule has 1 aromatic carbocycles. The topological polar surface area (TPSA) is 55.7 Å². The van der Waals surface area contributed by atoms with Crippen LogP contribution in [-0.4, -0.2) is 60.9 Å². The van der Waals surface area contributed by atoms with E-state index in [1.54, 1.807) is 7.11 Å². The van der Waals surface area contributed by atoms with E-state index < -0.39 is 0 Å². The zero-order valence-electron chi connectivity index (χ0n) is 19.7. The summed E-state index contributed by atoms with van der Waals surface area (Å²) in [6.07, 6.45) is 4.95. The number of nitrogens with one attached hydrogen (secondary N) is 1. The Balaban J connectivity index is 2.06. The Labute approximate surface area is 186 Å². The third-order valence-electron chi connectivity index (χ3n) is 6.01. The summed E-state index contributed by atoms with van der Waals surface area (Å²) in [5.41, 5.74) is 1.77. The highest BCUT2D eigenvalue weighted by Crippen LogP contribution is 2.36. The summed E-state index contributed by atoms with van der Waals surface area (Å²) in [6.45, 7) is 10.3. The molecule has 6 heteroatoms. The highest BCUT2D eigenvalue weighted by Gasteiger charge is 2.33. The van der Waals surface area contributed by atoms with Crippen molar-refractivity contribution >= 4 is 16.8 Å². The second-order valence-corrected chi connectivity index (χ2v) is 8.70. The maximum absolute atomic E-state index is 14.1. The number of unbranched alkanes of at least 4 members (excludes halogenated alkanes) is 1. The molecule has 3 rings (SSSR count).